The lowest BCUT2D eigenvalue weighted by Crippen LogP contribution is -2.38. The number of guanidine groups is 1. The number of rotatable bonds is 13. The number of aliphatic imine (C=N–C) groups is 1. The third-order valence-electron chi connectivity index (χ3n) is 3.44. The van der Waals surface area contributed by atoms with Gasteiger partial charge >= 0.3 is 0 Å². The van der Waals surface area contributed by atoms with E-state index < -0.39 is 0 Å². The van der Waals surface area contributed by atoms with Gasteiger partial charge < -0.3 is 29.6 Å². The number of methoxy groups -OCH3 is 2. The van der Waals surface area contributed by atoms with Gasteiger partial charge in [-0.3, -0.25) is 0 Å². The third kappa shape index (κ3) is 10.1. The van der Waals surface area contributed by atoms with Crippen LogP contribution in [0.3, 0.4) is 0 Å². The highest BCUT2D eigenvalue weighted by atomic mass is 16.5. The Bertz CT molecular complexity index is 494. The molecule has 1 rings (SSSR count). The Balaban J connectivity index is 2.31. The first-order chi connectivity index (χ1) is 12.7. The van der Waals surface area contributed by atoms with Gasteiger partial charge in [-0.05, 0) is 44.5 Å². The smallest absolute Gasteiger partial charge is 0.191 e. The van der Waals surface area contributed by atoms with Gasteiger partial charge in [-0.1, -0.05) is 0 Å². The Hall–Kier alpha value is -1.99. The maximum absolute atomic E-state index is 5.87. The van der Waals surface area contributed by atoms with E-state index in [0.29, 0.717) is 26.4 Å². The van der Waals surface area contributed by atoms with Crippen molar-refractivity contribution in [1.29, 1.82) is 0 Å². The lowest BCUT2D eigenvalue weighted by atomic mass is 10.3. The maximum Gasteiger partial charge on any atom is 0.191 e. The molecule has 0 aliphatic rings. The monoisotopic (exact) mass is 367 g/mol. The van der Waals surface area contributed by atoms with Crippen LogP contribution in [0.25, 0.3) is 0 Å². The second kappa shape index (κ2) is 14.2. The summed E-state index contributed by atoms with van der Waals surface area (Å²) in [4.78, 5) is 4.57. The number of nitrogens with one attached hydrogen (secondary N) is 2. The Labute approximate surface area is 157 Å². The molecule has 1 atom stereocenters. The van der Waals surface area contributed by atoms with Crippen LogP contribution >= 0.6 is 0 Å². The van der Waals surface area contributed by atoms with Gasteiger partial charge in [0, 0.05) is 26.8 Å². The van der Waals surface area contributed by atoms with Gasteiger partial charge in [-0.2, -0.15) is 0 Å². The predicted octanol–water partition coefficient (Wildman–Crippen LogP) is 2.07. The van der Waals surface area contributed by atoms with E-state index >= 15 is 0 Å². The molecule has 0 saturated carbocycles. The van der Waals surface area contributed by atoms with Gasteiger partial charge in [0.25, 0.3) is 0 Å². The van der Waals surface area contributed by atoms with Crippen LogP contribution in [0.2, 0.25) is 0 Å². The van der Waals surface area contributed by atoms with Gasteiger partial charge in [0.05, 0.1) is 26.9 Å². The molecular formula is C19H33N3O4. The summed E-state index contributed by atoms with van der Waals surface area (Å²) < 4.78 is 21.4. The molecule has 148 valence electrons. The number of hydrogen-bond acceptors (Lipinski definition) is 5. The van der Waals surface area contributed by atoms with Crippen molar-refractivity contribution >= 4 is 5.96 Å². The average Bonchev–Trinajstić information content (AvgIpc) is 2.66. The molecule has 1 aromatic rings. The zero-order chi connectivity index (χ0) is 19.0. The van der Waals surface area contributed by atoms with E-state index in [4.69, 9.17) is 18.9 Å². The minimum Gasteiger partial charge on any atom is -0.497 e. The molecule has 0 saturated heterocycles. The highest BCUT2D eigenvalue weighted by molar-refractivity contribution is 5.79. The van der Waals surface area contributed by atoms with Crippen molar-refractivity contribution in [1.82, 2.24) is 10.6 Å². The van der Waals surface area contributed by atoms with E-state index in [9.17, 15) is 0 Å². The number of nitrogens with zero attached hydrogens (tertiary/aromatic N) is 1. The molecule has 0 fully saturated rings. The van der Waals surface area contributed by atoms with Gasteiger partial charge in [-0.25, -0.2) is 4.99 Å². The molecule has 26 heavy (non-hydrogen) atoms. The summed E-state index contributed by atoms with van der Waals surface area (Å²) in [5.74, 6) is 2.40. The lowest BCUT2D eigenvalue weighted by Gasteiger charge is -2.15. The van der Waals surface area contributed by atoms with Gasteiger partial charge in [0.2, 0.25) is 0 Å². The fraction of sp³-hybridized carbons (Fsp3) is 0.632. The van der Waals surface area contributed by atoms with Crippen molar-refractivity contribution in [3.8, 4) is 11.5 Å². The van der Waals surface area contributed by atoms with Crippen molar-refractivity contribution in [2.45, 2.75) is 26.4 Å². The molecular weight excluding hydrogens is 334 g/mol. The third-order valence-corrected chi connectivity index (χ3v) is 3.44. The molecule has 0 radical (unpaired) electrons. The van der Waals surface area contributed by atoms with Crippen LogP contribution in [0, 0.1) is 0 Å². The Morgan fingerprint density at radius 1 is 1.04 bits per heavy atom. The molecule has 2 N–H and O–H groups in total. The van der Waals surface area contributed by atoms with Crippen molar-refractivity contribution in [2.75, 3.05) is 53.7 Å². The second-order valence-corrected chi connectivity index (χ2v) is 5.71. The fourth-order valence-electron chi connectivity index (χ4n) is 2.11. The summed E-state index contributed by atoms with van der Waals surface area (Å²) in [5.41, 5.74) is 0. The minimum absolute atomic E-state index is 0.0313. The Morgan fingerprint density at radius 2 is 1.77 bits per heavy atom. The van der Waals surface area contributed by atoms with Crippen LogP contribution in [-0.2, 0) is 9.47 Å². The van der Waals surface area contributed by atoms with Crippen LogP contribution in [0.15, 0.2) is 29.3 Å². The van der Waals surface area contributed by atoms with Crippen molar-refractivity contribution in [3.63, 3.8) is 0 Å². The zero-order valence-corrected chi connectivity index (χ0v) is 16.4. The van der Waals surface area contributed by atoms with Crippen LogP contribution < -0.4 is 20.1 Å². The molecule has 1 unspecified atom stereocenters. The largest absolute Gasteiger partial charge is 0.497 e. The summed E-state index contributed by atoms with van der Waals surface area (Å²) in [7, 11) is 3.32. The quantitative estimate of drug-likeness (QED) is 0.316. The maximum atomic E-state index is 5.87. The van der Waals surface area contributed by atoms with Crippen molar-refractivity contribution in [2.24, 2.45) is 4.99 Å². The van der Waals surface area contributed by atoms with E-state index in [2.05, 4.69) is 15.6 Å². The average molecular weight is 367 g/mol. The fourth-order valence-corrected chi connectivity index (χ4v) is 2.11. The van der Waals surface area contributed by atoms with E-state index in [1.165, 1.54) is 0 Å². The summed E-state index contributed by atoms with van der Waals surface area (Å²) >= 11 is 0. The van der Waals surface area contributed by atoms with E-state index in [0.717, 1.165) is 37.0 Å². The normalized spacial score (nSPS) is 12.5. The zero-order valence-electron chi connectivity index (χ0n) is 16.4. The first-order valence-corrected chi connectivity index (χ1v) is 9.09. The summed E-state index contributed by atoms with van der Waals surface area (Å²) in [6.45, 7) is 8.17. The van der Waals surface area contributed by atoms with Gasteiger partial charge in [0.15, 0.2) is 5.96 Å². The lowest BCUT2D eigenvalue weighted by molar-refractivity contribution is 0.0698. The summed E-state index contributed by atoms with van der Waals surface area (Å²) in [5, 5.41) is 6.54. The van der Waals surface area contributed by atoms with E-state index in [-0.39, 0.29) is 6.10 Å². The summed E-state index contributed by atoms with van der Waals surface area (Å²) in [6.07, 6.45) is 0.877. The Kier molecular flexibility index (Phi) is 12.1. The molecule has 0 aliphatic heterocycles. The van der Waals surface area contributed by atoms with E-state index in [1.807, 2.05) is 38.1 Å². The first-order valence-electron chi connectivity index (χ1n) is 9.09. The van der Waals surface area contributed by atoms with Crippen LogP contribution in [0.4, 0.5) is 0 Å². The highest BCUT2D eigenvalue weighted by Gasteiger charge is 2.05. The molecule has 1 aromatic carbocycles. The van der Waals surface area contributed by atoms with Gasteiger partial charge in [0.1, 0.15) is 17.6 Å². The molecule has 7 nitrogen and oxygen atoms in total. The first kappa shape index (κ1) is 22.1. The highest BCUT2D eigenvalue weighted by Crippen LogP contribution is 2.18. The standard InChI is InChI=1S/C19H33N3O4/c1-5-20-19(21-11-6-12-25-14-13-23-3)22-15-16(2)26-18-9-7-17(24-4)8-10-18/h7-10,16H,5-6,11-15H2,1-4H3,(H2,20,21,22). The van der Waals surface area contributed by atoms with Crippen LogP contribution in [0.1, 0.15) is 20.3 Å². The van der Waals surface area contributed by atoms with Crippen molar-refractivity contribution in [3.05, 3.63) is 24.3 Å². The second-order valence-electron chi connectivity index (χ2n) is 5.71. The van der Waals surface area contributed by atoms with Crippen molar-refractivity contribution < 1.29 is 18.9 Å². The summed E-state index contributed by atoms with van der Waals surface area (Å²) in [6, 6.07) is 7.55. The van der Waals surface area contributed by atoms with Crippen LogP contribution in [-0.4, -0.2) is 65.7 Å². The SMILES string of the molecule is CCNC(=NCC(C)Oc1ccc(OC)cc1)NCCCOCCOC. The minimum atomic E-state index is -0.0313. The number of benzene rings is 1. The number of hydrogen-bond donors (Lipinski definition) is 2. The number of ether oxygens (including phenoxy) is 4. The molecule has 0 spiro atoms. The predicted molar refractivity (Wildman–Crippen MR) is 104 cm³/mol. The molecule has 0 aromatic heterocycles. The molecule has 0 heterocycles. The van der Waals surface area contributed by atoms with Crippen LogP contribution in [0.5, 0.6) is 11.5 Å². The molecule has 0 bridgehead atoms. The molecule has 0 aliphatic carbocycles. The topological polar surface area (TPSA) is 73.3 Å². The molecule has 7 heteroatoms. The van der Waals surface area contributed by atoms with E-state index in [1.54, 1.807) is 14.2 Å². The Morgan fingerprint density at radius 3 is 2.42 bits per heavy atom. The molecule has 0 amide bonds. The van der Waals surface area contributed by atoms with Gasteiger partial charge in [-0.15, -0.1) is 0 Å².